The van der Waals surface area contributed by atoms with Crippen molar-refractivity contribution in [2.24, 2.45) is 5.73 Å². The van der Waals surface area contributed by atoms with E-state index in [4.69, 9.17) is 15.6 Å². The Morgan fingerprint density at radius 2 is 2.00 bits per heavy atom. The molecule has 3 heteroatoms. The van der Waals surface area contributed by atoms with Crippen LogP contribution in [-0.2, 0) is 0 Å². The molecule has 0 aliphatic rings. The third-order valence-electron chi connectivity index (χ3n) is 1.51. The largest absolute Gasteiger partial charge is 0.508 e. The number of ether oxygens (including phenoxy) is 1. The van der Waals surface area contributed by atoms with Crippen molar-refractivity contribution < 1.29 is 9.84 Å². The number of nitrogens with two attached hydrogens (primary N) is 1. The Bertz CT molecular complexity index is 233. The van der Waals surface area contributed by atoms with Crippen LogP contribution in [0.4, 0.5) is 0 Å². The lowest BCUT2D eigenvalue weighted by Crippen LogP contribution is -2.22. The molecule has 0 heterocycles. The smallest absolute Gasteiger partial charge is 0.120 e. The molecule has 12 heavy (non-hydrogen) atoms. The van der Waals surface area contributed by atoms with E-state index >= 15 is 0 Å². The molecule has 0 saturated heterocycles. The molecule has 1 aromatic carbocycles. The van der Waals surface area contributed by atoms with E-state index in [0.29, 0.717) is 6.54 Å². The predicted octanol–water partition coefficient (Wildman–Crippen LogP) is 1.12. The molecule has 1 aromatic rings. The lowest BCUT2D eigenvalue weighted by atomic mass is 10.3. The minimum atomic E-state index is 0.00884. The second-order valence-corrected chi connectivity index (χ2v) is 2.66. The van der Waals surface area contributed by atoms with E-state index in [1.165, 1.54) is 0 Å². The fraction of sp³-hybridized carbons (Fsp3) is 0.333. The zero-order chi connectivity index (χ0) is 8.97. The molecule has 1 atom stereocenters. The number of phenolic OH excluding ortho intramolecular Hbond substituents is 1. The standard InChI is InChI=1S/C9H13NO2/c1-7(6-10)12-9-4-2-8(11)3-5-9/h2-5,7,11H,6,10H2,1H3. The number of hydrogen-bond donors (Lipinski definition) is 2. The molecule has 0 saturated carbocycles. The van der Waals surface area contributed by atoms with Gasteiger partial charge in [-0.2, -0.15) is 0 Å². The number of phenols is 1. The average Bonchev–Trinajstić information content (AvgIpc) is 2.09. The Hall–Kier alpha value is -1.22. The van der Waals surface area contributed by atoms with Gasteiger partial charge >= 0.3 is 0 Å². The molecule has 0 amide bonds. The fourth-order valence-electron chi connectivity index (χ4n) is 0.805. The molecule has 1 rings (SSSR count). The van der Waals surface area contributed by atoms with Crippen molar-refractivity contribution in [2.45, 2.75) is 13.0 Å². The highest BCUT2D eigenvalue weighted by Crippen LogP contribution is 2.16. The van der Waals surface area contributed by atoms with Gasteiger partial charge in [0, 0.05) is 6.54 Å². The summed E-state index contributed by atoms with van der Waals surface area (Å²) in [4.78, 5) is 0. The highest BCUT2D eigenvalue weighted by atomic mass is 16.5. The van der Waals surface area contributed by atoms with E-state index in [2.05, 4.69) is 0 Å². The summed E-state index contributed by atoms with van der Waals surface area (Å²) in [5.41, 5.74) is 5.38. The van der Waals surface area contributed by atoms with Crippen LogP contribution < -0.4 is 10.5 Å². The first-order valence-corrected chi connectivity index (χ1v) is 3.88. The second kappa shape index (κ2) is 3.97. The zero-order valence-electron chi connectivity index (χ0n) is 7.03. The zero-order valence-corrected chi connectivity index (χ0v) is 7.03. The lowest BCUT2D eigenvalue weighted by Gasteiger charge is -2.11. The Labute approximate surface area is 71.8 Å². The summed E-state index contributed by atoms with van der Waals surface area (Å²) in [5, 5.41) is 8.97. The Balaban J connectivity index is 2.58. The molecule has 0 bridgehead atoms. The summed E-state index contributed by atoms with van der Waals surface area (Å²) in [6, 6.07) is 6.58. The number of benzene rings is 1. The van der Waals surface area contributed by atoms with Gasteiger partial charge in [0.2, 0.25) is 0 Å². The SMILES string of the molecule is CC(CN)Oc1ccc(O)cc1. The van der Waals surface area contributed by atoms with Crippen LogP contribution in [-0.4, -0.2) is 17.8 Å². The van der Waals surface area contributed by atoms with Gasteiger partial charge in [-0.15, -0.1) is 0 Å². The van der Waals surface area contributed by atoms with E-state index in [9.17, 15) is 0 Å². The fourth-order valence-corrected chi connectivity index (χ4v) is 0.805. The van der Waals surface area contributed by atoms with Crippen molar-refractivity contribution in [1.29, 1.82) is 0 Å². The molecule has 0 aliphatic carbocycles. The van der Waals surface area contributed by atoms with Gasteiger partial charge in [0.15, 0.2) is 0 Å². The topological polar surface area (TPSA) is 55.5 Å². The summed E-state index contributed by atoms with van der Waals surface area (Å²) in [6.45, 7) is 2.38. The van der Waals surface area contributed by atoms with Gasteiger partial charge in [-0.25, -0.2) is 0 Å². The second-order valence-electron chi connectivity index (χ2n) is 2.66. The van der Waals surface area contributed by atoms with Crippen molar-refractivity contribution in [3.63, 3.8) is 0 Å². The summed E-state index contributed by atoms with van der Waals surface area (Å²) in [5.74, 6) is 0.966. The monoisotopic (exact) mass is 167 g/mol. The molecule has 66 valence electrons. The van der Waals surface area contributed by atoms with E-state index < -0.39 is 0 Å². The van der Waals surface area contributed by atoms with Crippen LogP contribution >= 0.6 is 0 Å². The van der Waals surface area contributed by atoms with Crippen molar-refractivity contribution in [2.75, 3.05) is 6.54 Å². The Kier molecular flexibility index (Phi) is 2.94. The maximum atomic E-state index is 8.97. The van der Waals surface area contributed by atoms with E-state index in [1.54, 1.807) is 24.3 Å². The molecule has 0 fully saturated rings. The summed E-state index contributed by atoms with van der Waals surface area (Å²) < 4.78 is 5.38. The minimum absolute atomic E-state index is 0.00884. The van der Waals surface area contributed by atoms with Crippen molar-refractivity contribution in [3.8, 4) is 11.5 Å². The molecular weight excluding hydrogens is 154 g/mol. The molecule has 3 N–H and O–H groups in total. The van der Waals surface area contributed by atoms with Gasteiger partial charge in [0.25, 0.3) is 0 Å². The van der Waals surface area contributed by atoms with Crippen molar-refractivity contribution >= 4 is 0 Å². The molecule has 0 aliphatic heterocycles. The van der Waals surface area contributed by atoms with Gasteiger partial charge < -0.3 is 15.6 Å². The van der Waals surface area contributed by atoms with Gasteiger partial charge in [-0.3, -0.25) is 0 Å². The number of aromatic hydroxyl groups is 1. The Morgan fingerprint density at radius 3 is 2.50 bits per heavy atom. The number of hydrogen-bond acceptors (Lipinski definition) is 3. The maximum Gasteiger partial charge on any atom is 0.120 e. The van der Waals surface area contributed by atoms with Crippen LogP contribution in [0.25, 0.3) is 0 Å². The normalized spacial score (nSPS) is 12.5. The van der Waals surface area contributed by atoms with Gasteiger partial charge in [-0.1, -0.05) is 0 Å². The summed E-state index contributed by atoms with van der Waals surface area (Å²) in [7, 11) is 0. The first kappa shape index (κ1) is 8.87. The van der Waals surface area contributed by atoms with Crippen LogP contribution in [0.15, 0.2) is 24.3 Å². The van der Waals surface area contributed by atoms with Crippen molar-refractivity contribution in [3.05, 3.63) is 24.3 Å². The average molecular weight is 167 g/mol. The van der Waals surface area contributed by atoms with Crippen LogP contribution in [0.5, 0.6) is 11.5 Å². The summed E-state index contributed by atoms with van der Waals surface area (Å²) in [6.07, 6.45) is 0.00884. The highest BCUT2D eigenvalue weighted by Gasteiger charge is 1.99. The van der Waals surface area contributed by atoms with E-state index in [-0.39, 0.29) is 11.9 Å². The minimum Gasteiger partial charge on any atom is -0.508 e. The third kappa shape index (κ3) is 2.43. The van der Waals surface area contributed by atoms with Crippen LogP contribution in [0, 0.1) is 0 Å². The summed E-state index contributed by atoms with van der Waals surface area (Å²) >= 11 is 0. The molecule has 0 aromatic heterocycles. The van der Waals surface area contributed by atoms with Crippen LogP contribution in [0.3, 0.4) is 0 Å². The predicted molar refractivity (Wildman–Crippen MR) is 47.3 cm³/mol. The molecule has 0 radical (unpaired) electrons. The van der Waals surface area contributed by atoms with E-state index in [1.807, 2.05) is 6.92 Å². The van der Waals surface area contributed by atoms with Gasteiger partial charge in [0.1, 0.15) is 17.6 Å². The molecule has 0 spiro atoms. The van der Waals surface area contributed by atoms with Crippen LogP contribution in [0.2, 0.25) is 0 Å². The number of rotatable bonds is 3. The maximum absolute atomic E-state index is 8.97. The van der Waals surface area contributed by atoms with Gasteiger partial charge in [0.05, 0.1) is 0 Å². The first-order valence-electron chi connectivity index (χ1n) is 3.88. The molecule has 3 nitrogen and oxygen atoms in total. The Morgan fingerprint density at radius 1 is 1.42 bits per heavy atom. The highest BCUT2D eigenvalue weighted by molar-refractivity contribution is 5.30. The molecular formula is C9H13NO2. The lowest BCUT2D eigenvalue weighted by molar-refractivity contribution is 0.229. The third-order valence-corrected chi connectivity index (χ3v) is 1.51. The van der Waals surface area contributed by atoms with E-state index in [0.717, 1.165) is 5.75 Å². The quantitative estimate of drug-likeness (QED) is 0.709. The molecule has 1 unspecified atom stereocenters. The van der Waals surface area contributed by atoms with Crippen LogP contribution in [0.1, 0.15) is 6.92 Å². The first-order chi connectivity index (χ1) is 5.72. The van der Waals surface area contributed by atoms with Crippen molar-refractivity contribution in [1.82, 2.24) is 0 Å². The van der Waals surface area contributed by atoms with Gasteiger partial charge in [-0.05, 0) is 31.2 Å².